The first-order valence-corrected chi connectivity index (χ1v) is 10.8. The number of hydrogen-bond donors (Lipinski definition) is 1. The Labute approximate surface area is 193 Å². The highest BCUT2D eigenvalue weighted by molar-refractivity contribution is 8.00. The number of carbonyl (C=O) groups is 1. The van der Waals surface area contributed by atoms with Gasteiger partial charge in [-0.15, -0.1) is 22.0 Å². The first-order chi connectivity index (χ1) is 14.6. The maximum absolute atomic E-state index is 13.7. The number of nitrogens with zero attached hydrogens (tertiary/aromatic N) is 3. The second-order valence-electron chi connectivity index (χ2n) is 6.66. The molecule has 1 aliphatic heterocycles. The number of aliphatic carboxylic acids is 1. The van der Waals surface area contributed by atoms with Gasteiger partial charge in [0.05, 0.1) is 32.7 Å². The molecule has 12 heteroatoms. The number of hydrogen-bond acceptors (Lipinski definition) is 4. The van der Waals surface area contributed by atoms with Crippen LogP contribution in [-0.4, -0.2) is 25.8 Å². The standard InChI is InChI=1S/C19H11Cl3F3N3O2S/c20-8-4-5-12-10(6-8)16(9-2-1-3-11(21)15(9)22)31-13(7-14(29)30)17-26-27-18(28(12)17)19(23,24)25/h1-6,13,16H,7H2,(H,29,30)/t13-,16-/m1/s1. The molecular formula is C19H11Cl3F3N3O2S. The first kappa shape index (κ1) is 22.3. The van der Waals surface area contributed by atoms with E-state index in [-0.39, 0.29) is 21.6 Å². The number of alkyl halides is 3. The number of benzene rings is 2. The number of rotatable bonds is 3. The Bertz CT molecular complexity index is 1190. The van der Waals surface area contributed by atoms with Crippen molar-refractivity contribution >= 4 is 52.5 Å². The fourth-order valence-corrected chi connectivity index (χ4v) is 5.61. The SMILES string of the molecule is O=C(O)C[C@H]1S[C@H](c2cccc(Cl)c2Cl)c2cc(Cl)ccc2-n2c1nnc2C(F)(F)F. The second kappa shape index (κ2) is 8.20. The van der Waals surface area contributed by atoms with E-state index < -0.39 is 34.9 Å². The molecule has 1 aromatic heterocycles. The van der Waals surface area contributed by atoms with Crippen molar-refractivity contribution in [1.29, 1.82) is 0 Å². The van der Waals surface area contributed by atoms with Crippen molar-refractivity contribution in [2.45, 2.75) is 23.1 Å². The summed E-state index contributed by atoms with van der Waals surface area (Å²) in [6, 6.07) is 9.33. The largest absolute Gasteiger partial charge is 0.481 e. The van der Waals surface area contributed by atoms with Crippen molar-refractivity contribution in [2.24, 2.45) is 0 Å². The Kier molecular flexibility index (Phi) is 5.89. The van der Waals surface area contributed by atoms with Crippen molar-refractivity contribution < 1.29 is 23.1 Å². The molecule has 0 unspecified atom stereocenters. The van der Waals surface area contributed by atoms with Gasteiger partial charge in [0.2, 0.25) is 5.82 Å². The van der Waals surface area contributed by atoms with E-state index in [2.05, 4.69) is 10.2 Å². The molecule has 3 aromatic rings. The van der Waals surface area contributed by atoms with Gasteiger partial charge >= 0.3 is 12.1 Å². The lowest BCUT2D eigenvalue weighted by molar-refractivity contribution is -0.146. The van der Waals surface area contributed by atoms with Crippen LogP contribution in [0.4, 0.5) is 13.2 Å². The second-order valence-corrected chi connectivity index (χ2v) is 9.20. The van der Waals surface area contributed by atoms with Gasteiger partial charge in [0.1, 0.15) is 0 Å². The molecule has 0 spiro atoms. The van der Waals surface area contributed by atoms with Crippen LogP contribution in [0.2, 0.25) is 15.1 Å². The van der Waals surface area contributed by atoms with E-state index >= 15 is 0 Å². The maximum Gasteiger partial charge on any atom is 0.452 e. The van der Waals surface area contributed by atoms with Gasteiger partial charge in [-0.25, -0.2) is 0 Å². The molecule has 1 aliphatic rings. The molecule has 0 bridgehead atoms. The zero-order valence-corrected chi connectivity index (χ0v) is 18.3. The normalized spacial score (nSPS) is 18.3. The minimum Gasteiger partial charge on any atom is -0.481 e. The van der Waals surface area contributed by atoms with E-state index in [4.69, 9.17) is 34.8 Å². The number of halogens is 6. The van der Waals surface area contributed by atoms with Crippen LogP contribution in [0.15, 0.2) is 36.4 Å². The smallest absolute Gasteiger partial charge is 0.452 e. The van der Waals surface area contributed by atoms with Gasteiger partial charge in [0, 0.05) is 5.02 Å². The van der Waals surface area contributed by atoms with Crippen molar-refractivity contribution in [1.82, 2.24) is 14.8 Å². The lowest BCUT2D eigenvalue weighted by atomic mass is 10.0. The van der Waals surface area contributed by atoms with E-state index in [0.717, 1.165) is 16.3 Å². The van der Waals surface area contributed by atoms with Crippen LogP contribution >= 0.6 is 46.6 Å². The highest BCUT2D eigenvalue weighted by Gasteiger charge is 2.43. The van der Waals surface area contributed by atoms with Crippen molar-refractivity contribution in [3.05, 3.63) is 74.2 Å². The predicted molar refractivity (Wildman–Crippen MR) is 112 cm³/mol. The molecule has 0 amide bonds. The summed E-state index contributed by atoms with van der Waals surface area (Å²) in [7, 11) is 0. The zero-order chi connectivity index (χ0) is 22.5. The van der Waals surface area contributed by atoms with Gasteiger partial charge in [-0.1, -0.05) is 46.9 Å². The van der Waals surface area contributed by atoms with Crippen LogP contribution in [-0.2, 0) is 11.0 Å². The topological polar surface area (TPSA) is 68.0 Å². The van der Waals surface area contributed by atoms with E-state index in [1.54, 1.807) is 18.2 Å². The van der Waals surface area contributed by atoms with E-state index in [0.29, 0.717) is 16.1 Å². The van der Waals surface area contributed by atoms with Crippen LogP contribution in [0, 0.1) is 0 Å². The Morgan fingerprint density at radius 3 is 2.55 bits per heavy atom. The van der Waals surface area contributed by atoms with Crippen LogP contribution < -0.4 is 0 Å². The Morgan fingerprint density at radius 1 is 1.13 bits per heavy atom. The minimum atomic E-state index is -4.81. The number of fused-ring (bicyclic) bond motifs is 3. The van der Waals surface area contributed by atoms with Crippen molar-refractivity contribution in [3.63, 3.8) is 0 Å². The van der Waals surface area contributed by atoms with Gasteiger partial charge in [-0.2, -0.15) is 13.2 Å². The Balaban J connectivity index is 2.04. The lowest BCUT2D eigenvalue weighted by Crippen LogP contribution is -2.16. The minimum absolute atomic E-state index is 0.121. The molecular weight excluding hydrogens is 498 g/mol. The highest BCUT2D eigenvalue weighted by atomic mass is 35.5. The zero-order valence-electron chi connectivity index (χ0n) is 15.2. The summed E-state index contributed by atoms with van der Waals surface area (Å²) in [4.78, 5) is 11.5. The monoisotopic (exact) mass is 507 g/mol. The fraction of sp³-hybridized carbons (Fsp3) is 0.211. The molecule has 0 radical (unpaired) electrons. The van der Waals surface area contributed by atoms with E-state index in [1.165, 1.54) is 18.2 Å². The summed E-state index contributed by atoms with van der Waals surface area (Å²) in [5, 5.41) is 15.6. The van der Waals surface area contributed by atoms with Crippen LogP contribution in [0.5, 0.6) is 0 Å². The van der Waals surface area contributed by atoms with Gasteiger partial charge < -0.3 is 5.11 Å². The molecule has 162 valence electrons. The third-order valence-electron chi connectivity index (χ3n) is 4.67. The van der Waals surface area contributed by atoms with Crippen molar-refractivity contribution in [3.8, 4) is 5.69 Å². The van der Waals surface area contributed by atoms with E-state index in [9.17, 15) is 23.1 Å². The van der Waals surface area contributed by atoms with Crippen molar-refractivity contribution in [2.75, 3.05) is 0 Å². The molecule has 2 heterocycles. The van der Waals surface area contributed by atoms with Gasteiger partial charge in [0.25, 0.3) is 0 Å². The van der Waals surface area contributed by atoms with Crippen LogP contribution in [0.1, 0.15) is 39.7 Å². The molecule has 0 saturated carbocycles. The molecule has 0 aliphatic carbocycles. The lowest BCUT2D eigenvalue weighted by Gasteiger charge is -2.22. The molecule has 1 N–H and O–H groups in total. The third kappa shape index (κ3) is 4.11. The average molecular weight is 509 g/mol. The summed E-state index contributed by atoms with van der Waals surface area (Å²) in [6.45, 7) is 0. The Morgan fingerprint density at radius 2 is 1.87 bits per heavy atom. The number of carboxylic acid groups (broad SMARTS) is 1. The molecule has 5 nitrogen and oxygen atoms in total. The Hall–Kier alpha value is -1.94. The first-order valence-electron chi connectivity index (χ1n) is 8.71. The fourth-order valence-electron chi connectivity index (χ4n) is 3.43. The van der Waals surface area contributed by atoms with Crippen LogP contribution in [0.3, 0.4) is 0 Å². The summed E-state index contributed by atoms with van der Waals surface area (Å²) in [6.07, 6.45) is -5.29. The quantitative estimate of drug-likeness (QED) is 0.432. The van der Waals surface area contributed by atoms with Crippen LogP contribution in [0.25, 0.3) is 5.69 Å². The van der Waals surface area contributed by atoms with Gasteiger partial charge in [-0.3, -0.25) is 9.36 Å². The average Bonchev–Trinajstić information content (AvgIpc) is 3.08. The summed E-state index contributed by atoms with van der Waals surface area (Å²) >= 11 is 19.9. The molecule has 4 rings (SSSR count). The number of carboxylic acids is 1. The molecule has 0 fully saturated rings. The summed E-state index contributed by atoms with van der Waals surface area (Å²) < 4.78 is 42.0. The predicted octanol–water partition coefficient (Wildman–Crippen LogP) is 6.60. The van der Waals surface area contributed by atoms with Gasteiger partial charge in [-0.05, 0) is 35.4 Å². The number of thioether (sulfide) groups is 1. The number of aromatic nitrogens is 3. The maximum atomic E-state index is 13.7. The molecule has 0 saturated heterocycles. The van der Waals surface area contributed by atoms with E-state index in [1.807, 2.05) is 0 Å². The summed E-state index contributed by atoms with van der Waals surface area (Å²) in [5.74, 6) is -2.57. The van der Waals surface area contributed by atoms with Gasteiger partial charge in [0.15, 0.2) is 5.82 Å². The highest BCUT2D eigenvalue weighted by Crippen LogP contribution is 2.53. The molecule has 2 atom stereocenters. The molecule has 31 heavy (non-hydrogen) atoms. The summed E-state index contributed by atoms with van der Waals surface area (Å²) in [5.41, 5.74) is 1.06. The molecule has 2 aromatic carbocycles. The third-order valence-corrected chi connectivity index (χ3v) is 7.22.